The topological polar surface area (TPSA) is 80.8 Å². The van der Waals surface area contributed by atoms with E-state index in [9.17, 15) is 18.0 Å². The first kappa shape index (κ1) is 15.4. The van der Waals surface area contributed by atoms with Crippen LogP contribution in [-0.4, -0.2) is 25.3 Å². The molecule has 1 saturated heterocycles. The summed E-state index contributed by atoms with van der Waals surface area (Å²) >= 11 is 0. The number of rotatable bonds is 4. The maximum absolute atomic E-state index is 12.2. The highest BCUT2D eigenvalue weighted by molar-refractivity contribution is 7.86. The summed E-state index contributed by atoms with van der Waals surface area (Å²) in [5.41, 5.74) is 1.79. The molecule has 2 aromatic carbocycles. The highest BCUT2D eigenvalue weighted by atomic mass is 32.2. The van der Waals surface area contributed by atoms with Gasteiger partial charge in [0.15, 0.2) is 0 Å². The fourth-order valence-electron chi connectivity index (χ4n) is 2.22. The predicted molar refractivity (Wildman–Crippen MR) is 81.2 cm³/mol. The van der Waals surface area contributed by atoms with Crippen molar-refractivity contribution >= 4 is 21.9 Å². The maximum atomic E-state index is 12.2. The summed E-state index contributed by atoms with van der Waals surface area (Å²) in [7, 11) is -4.22. The van der Waals surface area contributed by atoms with Crippen LogP contribution in [0.5, 0.6) is 0 Å². The van der Waals surface area contributed by atoms with E-state index in [0.29, 0.717) is 5.06 Å². The molecule has 23 heavy (non-hydrogen) atoms. The van der Waals surface area contributed by atoms with Crippen molar-refractivity contribution in [2.24, 2.45) is 0 Å². The zero-order chi connectivity index (χ0) is 16.4. The van der Waals surface area contributed by atoms with Crippen molar-refractivity contribution < 1.29 is 22.3 Å². The number of amides is 2. The molecule has 2 aromatic rings. The third kappa shape index (κ3) is 3.15. The lowest BCUT2D eigenvalue weighted by Crippen LogP contribution is -2.32. The van der Waals surface area contributed by atoms with E-state index in [0.717, 1.165) is 11.1 Å². The number of carbonyl (C=O) groups is 2. The summed E-state index contributed by atoms with van der Waals surface area (Å²) in [4.78, 5) is 22.8. The molecule has 7 heteroatoms. The molecule has 2 amide bonds. The molecule has 0 N–H and O–H groups in total. The van der Waals surface area contributed by atoms with Crippen LogP contribution in [0.3, 0.4) is 0 Å². The molecular formula is C16H13NO5S. The highest BCUT2D eigenvalue weighted by Crippen LogP contribution is 2.23. The van der Waals surface area contributed by atoms with Gasteiger partial charge >= 0.3 is 10.1 Å². The molecule has 6 nitrogen and oxygen atoms in total. The summed E-state index contributed by atoms with van der Waals surface area (Å²) < 4.78 is 29.0. The van der Waals surface area contributed by atoms with Crippen LogP contribution in [0.4, 0.5) is 0 Å². The molecule has 1 fully saturated rings. The molecule has 0 bridgehead atoms. The lowest BCUT2D eigenvalue weighted by molar-refractivity contribution is -0.163. The third-order valence-electron chi connectivity index (χ3n) is 3.43. The molecule has 0 atom stereocenters. The summed E-state index contributed by atoms with van der Waals surface area (Å²) in [6, 6.07) is 15.5. The lowest BCUT2D eigenvalue weighted by atomic mass is 10.1. The monoisotopic (exact) mass is 331 g/mol. The van der Waals surface area contributed by atoms with Gasteiger partial charge in [-0.05, 0) is 23.3 Å². The average molecular weight is 331 g/mol. The van der Waals surface area contributed by atoms with Gasteiger partial charge in [0.2, 0.25) is 0 Å². The van der Waals surface area contributed by atoms with Crippen LogP contribution in [0.15, 0.2) is 59.5 Å². The van der Waals surface area contributed by atoms with Gasteiger partial charge in [-0.1, -0.05) is 42.5 Å². The second kappa shape index (κ2) is 5.94. The number of imide groups is 1. The Kier molecular flexibility index (Phi) is 3.97. The molecule has 0 aliphatic carbocycles. The first-order chi connectivity index (χ1) is 11.0. The Hall–Kier alpha value is -2.51. The van der Waals surface area contributed by atoms with E-state index < -0.39 is 21.9 Å². The first-order valence-corrected chi connectivity index (χ1v) is 8.34. The fourth-order valence-corrected chi connectivity index (χ4v) is 3.14. The summed E-state index contributed by atoms with van der Waals surface area (Å²) in [6.07, 6.45) is -0.0808. The maximum Gasteiger partial charge on any atom is 0.318 e. The molecule has 0 aromatic heterocycles. The summed E-state index contributed by atoms with van der Waals surface area (Å²) in [5.74, 6) is -1.31. The van der Waals surface area contributed by atoms with E-state index in [4.69, 9.17) is 0 Å². The van der Waals surface area contributed by atoms with Gasteiger partial charge in [0.25, 0.3) is 11.8 Å². The standard InChI is InChI=1S/C16H13NO5S/c18-15-10-11-16(19)17(15)22-23(20,21)14-8-6-13(7-9-14)12-4-2-1-3-5-12/h1-9H,10-11H2. The second-order valence-corrected chi connectivity index (χ2v) is 6.53. The number of hydrogen-bond acceptors (Lipinski definition) is 5. The molecule has 3 rings (SSSR count). The summed E-state index contributed by atoms with van der Waals surface area (Å²) in [5, 5.41) is 0.320. The number of hydrogen-bond donors (Lipinski definition) is 0. The quantitative estimate of drug-likeness (QED) is 0.802. The van der Waals surface area contributed by atoms with Gasteiger partial charge in [0.05, 0.1) is 4.90 Å². The van der Waals surface area contributed by atoms with Crippen molar-refractivity contribution in [3.63, 3.8) is 0 Å². The van der Waals surface area contributed by atoms with Crippen LogP contribution in [0.2, 0.25) is 0 Å². The van der Waals surface area contributed by atoms with Crippen LogP contribution in [0, 0.1) is 0 Å². The molecule has 0 radical (unpaired) electrons. The molecule has 0 saturated carbocycles. The predicted octanol–water partition coefficient (Wildman–Crippen LogP) is 2.12. The SMILES string of the molecule is O=C1CCC(=O)N1OS(=O)(=O)c1ccc(-c2ccccc2)cc1. The van der Waals surface area contributed by atoms with Crippen molar-refractivity contribution in [2.45, 2.75) is 17.7 Å². The highest BCUT2D eigenvalue weighted by Gasteiger charge is 2.35. The molecule has 0 unspecified atom stereocenters. The lowest BCUT2D eigenvalue weighted by Gasteiger charge is -2.13. The zero-order valence-electron chi connectivity index (χ0n) is 12.0. The Morgan fingerprint density at radius 3 is 1.87 bits per heavy atom. The van der Waals surface area contributed by atoms with Gasteiger partial charge in [-0.15, -0.1) is 9.35 Å². The van der Waals surface area contributed by atoms with Crippen molar-refractivity contribution in [2.75, 3.05) is 0 Å². The normalized spacial score (nSPS) is 15.2. The Balaban J connectivity index is 1.83. The van der Waals surface area contributed by atoms with E-state index >= 15 is 0 Å². The van der Waals surface area contributed by atoms with E-state index in [2.05, 4.69) is 4.28 Å². The van der Waals surface area contributed by atoms with Gasteiger partial charge in [-0.2, -0.15) is 8.42 Å². The van der Waals surface area contributed by atoms with Gasteiger partial charge in [0.1, 0.15) is 0 Å². The first-order valence-electron chi connectivity index (χ1n) is 6.93. The molecule has 1 aliphatic heterocycles. The van der Waals surface area contributed by atoms with Crippen molar-refractivity contribution in [3.05, 3.63) is 54.6 Å². The van der Waals surface area contributed by atoms with Gasteiger partial charge in [0, 0.05) is 12.8 Å². The van der Waals surface area contributed by atoms with E-state index in [1.54, 1.807) is 12.1 Å². The fraction of sp³-hybridized carbons (Fsp3) is 0.125. The number of nitrogens with zero attached hydrogens (tertiary/aromatic N) is 1. The zero-order valence-corrected chi connectivity index (χ0v) is 12.8. The Bertz CT molecular complexity index is 828. The van der Waals surface area contributed by atoms with Crippen LogP contribution >= 0.6 is 0 Å². The van der Waals surface area contributed by atoms with Crippen LogP contribution < -0.4 is 0 Å². The van der Waals surface area contributed by atoms with Crippen LogP contribution in [-0.2, 0) is 24.0 Å². The Morgan fingerprint density at radius 2 is 1.30 bits per heavy atom. The largest absolute Gasteiger partial charge is 0.318 e. The molecular weight excluding hydrogens is 318 g/mol. The minimum Gasteiger partial charge on any atom is -0.272 e. The second-order valence-electron chi connectivity index (χ2n) is 5.00. The smallest absolute Gasteiger partial charge is 0.272 e. The third-order valence-corrected chi connectivity index (χ3v) is 4.62. The van der Waals surface area contributed by atoms with Crippen LogP contribution in [0.1, 0.15) is 12.8 Å². The molecule has 1 aliphatic rings. The van der Waals surface area contributed by atoms with Crippen LogP contribution in [0.25, 0.3) is 11.1 Å². The Morgan fingerprint density at radius 1 is 0.783 bits per heavy atom. The van der Waals surface area contributed by atoms with Gasteiger partial charge in [-0.3, -0.25) is 9.59 Å². The minimum atomic E-state index is -4.22. The number of hydroxylamine groups is 2. The molecule has 118 valence electrons. The van der Waals surface area contributed by atoms with Gasteiger partial charge < -0.3 is 0 Å². The minimum absolute atomic E-state index is 0.0404. The van der Waals surface area contributed by atoms with Crippen molar-refractivity contribution in [1.29, 1.82) is 0 Å². The van der Waals surface area contributed by atoms with E-state index in [1.165, 1.54) is 12.1 Å². The Labute approximate surface area is 133 Å². The van der Waals surface area contributed by atoms with E-state index in [1.807, 2.05) is 30.3 Å². The van der Waals surface area contributed by atoms with E-state index in [-0.39, 0.29) is 17.7 Å². The number of benzene rings is 2. The molecule has 1 heterocycles. The summed E-state index contributed by atoms with van der Waals surface area (Å²) in [6.45, 7) is 0. The molecule has 0 spiro atoms. The average Bonchev–Trinajstić information content (AvgIpc) is 2.87. The van der Waals surface area contributed by atoms with Gasteiger partial charge in [-0.25, -0.2) is 0 Å². The number of carbonyl (C=O) groups excluding carboxylic acids is 2. The van der Waals surface area contributed by atoms with Crippen molar-refractivity contribution in [3.8, 4) is 11.1 Å². The van der Waals surface area contributed by atoms with Crippen molar-refractivity contribution in [1.82, 2.24) is 5.06 Å².